The first-order chi connectivity index (χ1) is 10.1. The molecule has 0 radical (unpaired) electrons. The molecule has 21 heavy (non-hydrogen) atoms. The smallest absolute Gasteiger partial charge is 0.375 e. The summed E-state index contributed by atoms with van der Waals surface area (Å²) in [7, 11) is 3.92. The lowest BCUT2D eigenvalue weighted by atomic mass is 10.1. The standard InChI is InChI=1S/C16H20N2O3/c1-4-20-16(19)14-11-17-15(21-14)13(18(2)3)10-12-8-6-5-7-9-12/h5-9,11,13H,4,10H2,1-3H3/t13-/m0/s1. The number of carbonyl (C=O) groups is 1. The first-order valence-electron chi connectivity index (χ1n) is 6.95. The summed E-state index contributed by atoms with van der Waals surface area (Å²) in [5.41, 5.74) is 1.19. The third kappa shape index (κ3) is 3.92. The molecule has 2 rings (SSSR count). The van der Waals surface area contributed by atoms with Crippen molar-refractivity contribution in [3.63, 3.8) is 0 Å². The molecule has 2 aromatic rings. The number of hydrogen-bond donors (Lipinski definition) is 0. The fourth-order valence-electron chi connectivity index (χ4n) is 2.07. The van der Waals surface area contributed by atoms with Crippen molar-refractivity contribution in [3.8, 4) is 0 Å². The largest absolute Gasteiger partial charge is 0.460 e. The minimum absolute atomic E-state index is 0.0319. The van der Waals surface area contributed by atoms with Gasteiger partial charge in [-0.3, -0.25) is 4.90 Å². The Balaban J connectivity index is 2.17. The van der Waals surface area contributed by atoms with E-state index in [0.717, 1.165) is 6.42 Å². The maximum Gasteiger partial charge on any atom is 0.375 e. The highest BCUT2D eigenvalue weighted by molar-refractivity contribution is 5.85. The Morgan fingerprint density at radius 1 is 1.33 bits per heavy atom. The van der Waals surface area contributed by atoms with E-state index in [1.165, 1.54) is 11.8 Å². The maximum absolute atomic E-state index is 11.6. The summed E-state index contributed by atoms with van der Waals surface area (Å²) in [4.78, 5) is 17.9. The SMILES string of the molecule is CCOC(=O)c1cnc([C@H](Cc2ccccc2)N(C)C)o1. The zero-order valence-corrected chi connectivity index (χ0v) is 12.6. The van der Waals surface area contributed by atoms with Gasteiger partial charge in [0.2, 0.25) is 11.7 Å². The Kier molecular flexibility index (Phi) is 5.11. The predicted molar refractivity (Wildman–Crippen MR) is 79.0 cm³/mol. The summed E-state index contributed by atoms with van der Waals surface area (Å²) in [5.74, 6) is 0.187. The van der Waals surface area contributed by atoms with Crippen LogP contribution in [-0.2, 0) is 11.2 Å². The van der Waals surface area contributed by atoms with E-state index in [1.807, 2.05) is 37.2 Å². The number of ether oxygens (including phenoxy) is 1. The maximum atomic E-state index is 11.6. The predicted octanol–water partition coefficient (Wildman–Crippen LogP) is 2.70. The number of aromatic nitrogens is 1. The van der Waals surface area contributed by atoms with Crippen molar-refractivity contribution in [1.29, 1.82) is 0 Å². The summed E-state index contributed by atoms with van der Waals surface area (Å²) in [6.07, 6.45) is 2.19. The molecule has 0 saturated carbocycles. The van der Waals surface area contributed by atoms with E-state index < -0.39 is 5.97 Å². The molecule has 0 aliphatic heterocycles. The number of carbonyl (C=O) groups excluding carboxylic acids is 1. The van der Waals surface area contributed by atoms with Gasteiger partial charge in [0.1, 0.15) is 0 Å². The van der Waals surface area contributed by atoms with Crippen LogP contribution >= 0.6 is 0 Å². The molecule has 0 fully saturated rings. The van der Waals surface area contributed by atoms with Crippen molar-refractivity contribution in [2.24, 2.45) is 0 Å². The van der Waals surface area contributed by atoms with Gasteiger partial charge in [0.25, 0.3) is 0 Å². The first kappa shape index (κ1) is 15.3. The van der Waals surface area contributed by atoms with E-state index in [2.05, 4.69) is 17.1 Å². The Bertz CT molecular complexity index is 578. The van der Waals surface area contributed by atoms with E-state index in [0.29, 0.717) is 12.5 Å². The lowest BCUT2D eigenvalue weighted by Gasteiger charge is -2.21. The molecular weight excluding hydrogens is 268 g/mol. The molecule has 5 nitrogen and oxygen atoms in total. The quantitative estimate of drug-likeness (QED) is 0.765. The van der Waals surface area contributed by atoms with Crippen LogP contribution in [0.3, 0.4) is 0 Å². The molecule has 0 unspecified atom stereocenters. The fraction of sp³-hybridized carbons (Fsp3) is 0.375. The van der Waals surface area contributed by atoms with E-state index >= 15 is 0 Å². The topological polar surface area (TPSA) is 55.6 Å². The second-order valence-corrected chi connectivity index (χ2v) is 4.95. The Labute approximate surface area is 124 Å². The van der Waals surface area contributed by atoms with Crippen molar-refractivity contribution in [2.45, 2.75) is 19.4 Å². The van der Waals surface area contributed by atoms with Gasteiger partial charge < -0.3 is 9.15 Å². The van der Waals surface area contributed by atoms with Crippen LogP contribution in [0.5, 0.6) is 0 Å². The normalized spacial score (nSPS) is 12.4. The molecule has 1 atom stereocenters. The molecule has 0 N–H and O–H groups in total. The zero-order chi connectivity index (χ0) is 15.2. The van der Waals surface area contributed by atoms with Crippen molar-refractivity contribution in [3.05, 3.63) is 53.7 Å². The van der Waals surface area contributed by atoms with E-state index in [9.17, 15) is 4.79 Å². The van der Waals surface area contributed by atoms with E-state index in [4.69, 9.17) is 9.15 Å². The van der Waals surface area contributed by atoms with E-state index in [-0.39, 0.29) is 11.8 Å². The van der Waals surface area contributed by atoms with Crippen LogP contribution in [0.1, 0.15) is 35.0 Å². The van der Waals surface area contributed by atoms with Gasteiger partial charge in [-0.05, 0) is 33.0 Å². The van der Waals surface area contributed by atoms with Crippen LogP contribution in [0.15, 0.2) is 40.9 Å². The number of oxazole rings is 1. The zero-order valence-electron chi connectivity index (χ0n) is 12.6. The molecule has 0 aliphatic rings. The Hall–Kier alpha value is -2.14. The van der Waals surface area contributed by atoms with Crippen molar-refractivity contribution >= 4 is 5.97 Å². The van der Waals surface area contributed by atoms with Gasteiger partial charge >= 0.3 is 5.97 Å². The molecule has 0 spiro atoms. The Morgan fingerprint density at radius 2 is 2.05 bits per heavy atom. The van der Waals surface area contributed by atoms with Crippen LogP contribution in [0.2, 0.25) is 0 Å². The van der Waals surface area contributed by atoms with Gasteiger partial charge in [-0.2, -0.15) is 0 Å². The number of benzene rings is 1. The molecule has 112 valence electrons. The molecule has 0 saturated heterocycles. The summed E-state index contributed by atoms with van der Waals surface area (Å²) < 4.78 is 10.5. The number of nitrogens with zero attached hydrogens (tertiary/aromatic N) is 2. The molecule has 1 heterocycles. The highest BCUT2D eigenvalue weighted by Gasteiger charge is 2.22. The molecule has 0 amide bonds. The summed E-state index contributed by atoms with van der Waals surface area (Å²) >= 11 is 0. The van der Waals surface area contributed by atoms with Gasteiger partial charge in [-0.1, -0.05) is 30.3 Å². The van der Waals surface area contributed by atoms with Crippen LogP contribution in [0.25, 0.3) is 0 Å². The Morgan fingerprint density at radius 3 is 2.67 bits per heavy atom. The van der Waals surface area contributed by atoms with Gasteiger partial charge in [-0.15, -0.1) is 0 Å². The molecular formula is C16H20N2O3. The van der Waals surface area contributed by atoms with Crippen molar-refractivity contribution < 1.29 is 13.9 Å². The summed E-state index contributed by atoms with van der Waals surface area (Å²) in [6.45, 7) is 2.07. The van der Waals surface area contributed by atoms with Crippen LogP contribution in [0, 0.1) is 0 Å². The number of hydrogen-bond acceptors (Lipinski definition) is 5. The van der Waals surface area contributed by atoms with Gasteiger partial charge in [0.05, 0.1) is 18.8 Å². The first-order valence-corrected chi connectivity index (χ1v) is 6.95. The average Bonchev–Trinajstić information content (AvgIpc) is 2.95. The van der Waals surface area contributed by atoms with Gasteiger partial charge in [0.15, 0.2) is 0 Å². The monoisotopic (exact) mass is 288 g/mol. The third-order valence-corrected chi connectivity index (χ3v) is 3.18. The minimum Gasteiger partial charge on any atom is -0.460 e. The van der Waals surface area contributed by atoms with Crippen LogP contribution < -0.4 is 0 Å². The average molecular weight is 288 g/mol. The lowest BCUT2D eigenvalue weighted by Crippen LogP contribution is -2.22. The van der Waals surface area contributed by atoms with Crippen LogP contribution in [0.4, 0.5) is 0 Å². The third-order valence-electron chi connectivity index (χ3n) is 3.18. The van der Waals surface area contributed by atoms with Crippen molar-refractivity contribution in [2.75, 3.05) is 20.7 Å². The number of rotatable bonds is 6. The minimum atomic E-state index is -0.478. The second kappa shape index (κ2) is 7.04. The fourth-order valence-corrected chi connectivity index (χ4v) is 2.07. The second-order valence-electron chi connectivity index (χ2n) is 4.95. The molecule has 1 aromatic heterocycles. The van der Waals surface area contributed by atoms with Crippen molar-refractivity contribution in [1.82, 2.24) is 9.88 Å². The molecule has 0 aliphatic carbocycles. The lowest BCUT2D eigenvalue weighted by molar-refractivity contribution is 0.0485. The summed E-state index contributed by atoms with van der Waals surface area (Å²) in [5, 5.41) is 0. The summed E-state index contributed by atoms with van der Waals surface area (Å²) in [6, 6.07) is 10.1. The highest BCUT2D eigenvalue weighted by atomic mass is 16.5. The molecule has 0 bridgehead atoms. The molecule has 1 aromatic carbocycles. The number of likely N-dealkylation sites (N-methyl/N-ethyl adjacent to an activating group) is 1. The van der Waals surface area contributed by atoms with Crippen LogP contribution in [-0.4, -0.2) is 36.6 Å². The highest BCUT2D eigenvalue weighted by Crippen LogP contribution is 2.23. The molecule has 5 heteroatoms. The van der Waals surface area contributed by atoms with E-state index in [1.54, 1.807) is 6.92 Å². The van der Waals surface area contributed by atoms with Gasteiger partial charge in [0, 0.05) is 0 Å². The van der Waals surface area contributed by atoms with Gasteiger partial charge in [-0.25, -0.2) is 9.78 Å². The number of esters is 1.